The Bertz CT molecular complexity index is 1060. The molecule has 9 heteroatoms. The Morgan fingerprint density at radius 2 is 1.29 bits per heavy atom. The summed E-state index contributed by atoms with van der Waals surface area (Å²) in [5.74, 6) is -2.21. The van der Waals surface area contributed by atoms with E-state index in [4.69, 9.17) is 9.47 Å². The highest BCUT2D eigenvalue weighted by Crippen LogP contribution is 2.50. The SMILES string of the molecule is COC(=O)c1c(C)sc(C(c2ccc(SC)cc2)c2sc(C)c(C(=O)OC)c2O)c1O. The van der Waals surface area contributed by atoms with Crippen LogP contribution in [0, 0.1) is 13.8 Å². The molecule has 0 unspecified atom stereocenters. The van der Waals surface area contributed by atoms with Gasteiger partial charge in [-0.1, -0.05) is 12.1 Å². The second-order valence-corrected chi connectivity index (χ2v) is 10.1. The van der Waals surface area contributed by atoms with Crippen LogP contribution in [-0.2, 0) is 9.47 Å². The number of thiophene rings is 2. The lowest BCUT2D eigenvalue weighted by molar-refractivity contribution is 0.0588. The van der Waals surface area contributed by atoms with Gasteiger partial charge in [-0.2, -0.15) is 0 Å². The van der Waals surface area contributed by atoms with E-state index >= 15 is 0 Å². The number of hydrogen-bond acceptors (Lipinski definition) is 9. The molecule has 3 rings (SSSR count). The van der Waals surface area contributed by atoms with E-state index in [1.54, 1.807) is 25.6 Å². The minimum Gasteiger partial charge on any atom is -0.506 e. The first kappa shape index (κ1) is 23.2. The molecule has 164 valence electrons. The molecule has 3 aromatic rings. The van der Waals surface area contributed by atoms with Crippen molar-refractivity contribution in [2.75, 3.05) is 20.5 Å². The quantitative estimate of drug-likeness (QED) is 0.366. The molecule has 0 saturated heterocycles. The molecule has 0 aliphatic carbocycles. The number of thioether (sulfide) groups is 1. The van der Waals surface area contributed by atoms with Crippen LogP contribution in [0.3, 0.4) is 0 Å². The number of benzene rings is 1. The maximum absolute atomic E-state index is 12.2. The van der Waals surface area contributed by atoms with Crippen molar-refractivity contribution >= 4 is 46.4 Å². The number of rotatable bonds is 6. The zero-order valence-corrected chi connectivity index (χ0v) is 20.1. The van der Waals surface area contributed by atoms with Crippen LogP contribution < -0.4 is 0 Å². The molecule has 0 aliphatic rings. The fourth-order valence-electron chi connectivity index (χ4n) is 3.40. The Hall–Kier alpha value is -2.49. The van der Waals surface area contributed by atoms with Gasteiger partial charge in [-0.3, -0.25) is 0 Å². The summed E-state index contributed by atoms with van der Waals surface area (Å²) in [7, 11) is 2.52. The van der Waals surface area contributed by atoms with E-state index in [0.29, 0.717) is 19.5 Å². The minimum atomic E-state index is -0.629. The van der Waals surface area contributed by atoms with Crippen molar-refractivity contribution in [1.29, 1.82) is 0 Å². The van der Waals surface area contributed by atoms with Crippen molar-refractivity contribution in [3.8, 4) is 11.5 Å². The molecule has 1 aromatic carbocycles. The Kier molecular flexibility index (Phi) is 6.98. The van der Waals surface area contributed by atoms with E-state index in [-0.39, 0.29) is 22.6 Å². The summed E-state index contributed by atoms with van der Waals surface area (Å²) in [4.78, 5) is 27.7. The van der Waals surface area contributed by atoms with Gasteiger partial charge in [-0.05, 0) is 37.8 Å². The fraction of sp³-hybridized carbons (Fsp3) is 0.273. The van der Waals surface area contributed by atoms with Gasteiger partial charge < -0.3 is 19.7 Å². The molecular weight excluding hydrogens is 456 g/mol. The number of carbonyl (C=O) groups is 2. The molecule has 2 N–H and O–H groups in total. The Labute approximate surface area is 192 Å². The van der Waals surface area contributed by atoms with Gasteiger partial charge in [0.15, 0.2) is 0 Å². The van der Waals surface area contributed by atoms with E-state index in [1.807, 2.05) is 30.5 Å². The van der Waals surface area contributed by atoms with E-state index in [1.165, 1.54) is 36.9 Å². The molecule has 2 heterocycles. The molecule has 0 radical (unpaired) electrons. The van der Waals surface area contributed by atoms with Crippen LogP contribution >= 0.6 is 34.4 Å². The van der Waals surface area contributed by atoms with E-state index in [2.05, 4.69) is 0 Å². The van der Waals surface area contributed by atoms with Crippen molar-refractivity contribution in [1.82, 2.24) is 0 Å². The van der Waals surface area contributed by atoms with Crippen molar-refractivity contribution in [3.63, 3.8) is 0 Å². The number of carbonyl (C=O) groups excluding carboxylic acids is 2. The Morgan fingerprint density at radius 1 is 0.871 bits per heavy atom. The summed E-state index contributed by atoms with van der Waals surface area (Å²) in [6.45, 7) is 3.46. The molecule has 0 spiro atoms. The molecule has 6 nitrogen and oxygen atoms in total. The topological polar surface area (TPSA) is 93.1 Å². The third-order valence-corrected chi connectivity index (χ3v) is 7.99. The van der Waals surface area contributed by atoms with Gasteiger partial charge in [0.2, 0.25) is 0 Å². The van der Waals surface area contributed by atoms with Crippen molar-refractivity contribution in [2.24, 2.45) is 0 Å². The lowest BCUT2D eigenvalue weighted by atomic mass is 9.93. The van der Waals surface area contributed by atoms with E-state index in [0.717, 1.165) is 10.5 Å². The van der Waals surface area contributed by atoms with Crippen LogP contribution in [0.4, 0.5) is 0 Å². The number of esters is 2. The van der Waals surface area contributed by atoms with Gasteiger partial charge in [0.25, 0.3) is 0 Å². The number of ether oxygens (including phenoxy) is 2. The lowest BCUT2D eigenvalue weighted by Gasteiger charge is -2.17. The van der Waals surface area contributed by atoms with Crippen LogP contribution in [0.25, 0.3) is 0 Å². The molecule has 31 heavy (non-hydrogen) atoms. The van der Waals surface area contributed by atoms with Crippen LogP contribution in [0.15, 0.2) is 29.2 Å². The fourth-order valence-corrected chi connectivity index (χ4v) is 6.25. The lowest BCUT2D eigenvalue weighted by Crippen LogP contribution is -2.04. The molecule has 0 aliphatic heterocycles. The Morgan fingerprint density at radius 3 is 1.65 bits per heavy atom. The highest BCUT2D eigenvalue weighted by Gasteiger charge is 2.34. The van der Waals surface area contributed by atoms with Crippen molar-refractivity contribution in [3.05, 3.63) is 60.5 Å². The maximum Gasteiger partial charge on any atom is 0.342 e. The number of hydrogen-bond donors (Lipinski definition) is 2. The van der Waals surface area contributed by atoms with Crippen LogP contribution in [0.1, 0.15) is 51.7 Å². The van der Waals surface area contributed by atoms with Gasteiger partial charge >= 0.3 is 11.9 Å². The molecule has 0 atom stereocenters. The van der Waals surface area contributed by atoms with Gasteiger partial charge in [0.1, 0.15) is 22.6 Å². The highest BCUT2D eigenvalue weighted by molar-refractivity contribution is 7.98. The predicted molar refractivity (Wildman–Crippen MR) is 123 cm³/mol. The third kappa shape index (κ3) is 4.17. The molecule has 0 bridgehead atoms. The average molecular weight is 479 g/mol. The molecule has 0 saturated carbocycles. The summed E-state index contributed by atoms with van der Waals surface area (Å²) in [6, 6.07) is 7.72. The van der Waals surface area contributed by atoms with Crippen LogP contribution in [0.2, 0.25) is 0 Å². The zero-order valence-electron chi connectivity index (χ0n) is 17.6. The van der Waals surface area contributed by atoms with Crippen molar-refractivity contribution in [2.45, 2.75) is 24.7 Å². The zero-order chi connectivity index (χ0) is 22.9. The average Bonchev–Trinajstić information content (AvgIpc) is 3.22. The first-order valence-corrected chi connectivity index (χ1v) is 12.1. The number of aryl methyl sites for hydroxylation is 2. The molecule has 0 fully saturated rings. The smallest absolute Gasteiger partial charge is 0.342 e. The summed E-state index contributed by atoms with van der Waals surface area (Å²) >= 11 is 4.11. The van der Waals surface area contributed by atoms with Gasteiger partial charge in [0, 0.05) is 14.6 Å². The summed E-state index contributed by atoms with van der Waals surface area (Å²) in [5, 5.41) is 21.9. The van der Waals surface area contributed by atoms with E-state index < -0.39 is 17.9 Å². The standard InChI is InChI=1S/C22H22O6S3/c1-10-14(21(25)27-3)17(23)19(30-10)16(12-6-8-13(29-5)9-7-12)20-18(24)15(11(2)31-20)22(26)28-4/h6-9,16,23-24H,1-5H3. The summed E-state index contributed by atoms with van der Waals surface area (Å²) in [6.07, 6.45) is 1.97. The first-order valence-electron chi connectivity index (χ1n) is 9.20. The second-order valence-electron chi connectivity index (χ2n) is 6.68. The van der Waals surface area contributed by atoms with E-state index in [9.17, 15) is 19.8 Å². The monoisotopic (exact) mass is 478 g/mol. The van der Waals surface area contributed by atoms with Crippen LogP contribution in [-0.4, -0.2) is 42.6 Å². The first-order chi connectivity index (χ1) is 14.7. The number of aromatic hydroxyl groups is 2. The van der Waals surface area contributed by atoms with Gasteiger partial charge in [-0.25, -0.2) is 9.59 Å². The summed E-state index contributed by atoms with van der Waals surface area (Å²) in [5.41, 5.74) is 1.02. The normalized spacial score (nSPS) is 11.0. The molecular formula is C22H22O6S3. The molecule has 2 aromatic heterocycles. The predicted octanol–water partition coefficient (Wildman–Crippen LogP) is 5.31. The highest BCUT2D eigenvalue weighted by atomic mass is 32.2. The third-order valence-electron chi connectivity index (χ3n) is 4.92. The van der Waals surface area contributed by atoms with Gasteiger partial charge in [0.05, 0.1) is 29.9 Å². The minimum absolute atomic E-state index is 0.106. The van der Waals surface area contributed by atoms with Crippen LogP contribution in [0.5, 0.6) is 11.5 Å². The van der Waals surface area contributed by atoms with Crippen molar-refractivity contribution < 1.29 is 29.3 Å². The second kappa shape index (κ2) is 9.33. The largest absolute Gasteiger partial charge is 0.506 e. The molecule has 0 amide bonds. The van der Waals surface area contributed by atoms with Gasteiger partial charge in [-0.15, -0.1) is 34.4 Å². The number of methoxy groups -OCH3 is 2. The summed E-state index contributed by atoms with van der Waals surface area (Å²) < 4.78 is 9.65. The Balaban J connectivity index is 2.28. The maximum atomic E-state index is 12.2.